The van der Waals surface area contributed by atoms with E-state index in [-0.39, 0.29) is 35.7 Å². The molecule has 27 heavy (non-hydrogen) atoms. The topological polar surface area (TPSA) is 90.3 Å². The molecule has 0 bridgehead atoms. The Labute approximate surface area is 161 Å². The normalized spacial score (nSPS) is 49.3. The van der Waals surface area contributed by atoms with Gasteiger partial charge in [-0.3, -0.25) is 4.79 Å². The number of allylic oxidation sites excluding steroid dienone is 1. The molecule has 1 heterocycles. The minimum atomic E-state index is -0.969. The standard InChI is InChI=1S/C22H32O5/c1-13-5-6-16-20(2,12-24)7-4-8-21(16,3)15(13)10-22-17(25)9-14(11-23)18(26)19(22)27-22/h9,15-16,18-19,23-24,26H,1,4-8,10-12H2,2-3H3/t15-,16-,18-,19-,20-,21+,22+/m0/s1. The van der Waals surface area contributed by atoms with E-state index < -0.39 is 17.8 Å². The number of carbonyl (C=O) groups excluding carboxylic acids is 1. The molecule has 3 N–H and O–H groups in total. The molecule has 4 rings (SSSR count). The van der Waals surface area contributed by atoms with Gasteiger partial charge in [-0.1, -0.05) is 32.4 Å². The van der Waals surface area contributed by atoms with Crippen LogP contribution in [0.5, 0.6) is 0 Å². The van der Waals surface area contributed by atoms with Crippen molar-refractivity contribution in [1.82, 2.24) is 0 Å². The molecular formula is C22H32O5. The van der Waals surface area contributed by atoms with Crippen molar-refractivity contribution in [3.8, 4) is 0 Å². The third-order valence-corrected chi connectivity index (χ3v) is 8.33. The molecule has 0 amide bonds. The van der Waals surface area contributed by atoms with E-state index in [9.17, 15) is 20.1 Å². The van der Waals surface area contributed by atoms with Crippen LogP contribution in [0, 0.1) is 22.7 Å². The number of fused-ring (bicyclic) bond motifs is 2. The fraction of sp³-hybridized carbons (Fsp3) is 0.773. The van der Waals surface area contributed by atoms with E-state index in [1.165, 1.54) is 11.6 Å². The molecule has 0 spiro atoms. The Morgan fingerprint density at radius 2 is 2.04 bits per heavy atom. The minimum absolute atomic E-state index is 0.0253. The van der Waals surface area contributed by atoms with E-state index in [2.05, 4.69) is 20.4 Å². The number of carbonyl (C=O) groups is 1. The van der Waals surface area contributed by atoms with Crippen LogP contribution in [-0.2, 0) is 9.53 Å². The monoisotopic (exact) mass is 376 g/mol. The molecular weight excluding hydrogens is 344 g/mol. The number of aliphatic hydroxyl groups excluding tert-OH is 3. The van der Waals surface area contributed by atoms with Crippen LogP contribution in [-0.4, -0.2) is 52.1 Å². The molecule has 5 nitrogen and oxygen atoms in total. The van der Waals surface area contributed by atoms with Crippen LogP contribution >= 0.6 is 0 Å². The Morgan fingerprint density at radius 1 is 1.30 bits per heavy atom. The van der Waals surface area contributed by atoms with Crippen LogP contribution in [0.4, 0.5) is 0 Å². The van der Waals surface area contributed by atoms with Crippen LogP contribution in [0.15, 0.2) is 23.8 Å². The molecule has 5 heteroatoms. The molecule has 150 valence electrons. The molecule has 0 unspecified atom stereocenters. The molecule has 0 aromatic heterocycles. The second-order valence-corrected chi connectivity index (χ2v) is 9.79. The zero-order valence-corrected chi connectivity index (χ0v) is 16.4. The second kappa shape index (κ2) is 6.24. The lowest BCUT2D eigenvalue weighted by atomic mass is 9.46. The highest BCUT2D eigenvalue weighted by Crippen LogP contribution is 2.64. The van der Waals surface area contributed by atoms with Crippen molar-refractivity contribution < 1.29 is 24.9 Å². The highest BCUT2D eigenvalue weighted by Gasteiger charge is 2.69. The third-order valence-electron chi connectivity index (χ3n) is 8.33. The van der Waals surface area contributed by atoms with Gasteiger partial charge < -0.3 is 20.1 Å². The van der Waals surface area contributed by atoms with Gasteiger partial charge in [-0.2, -0.15) is 0 Å². The first-order valence-electron chi connectivity index (χ1n) is 10.2. The number of epoxide rings is 1. The molecule has 7 atom stereocenters. The lowest BCUT2D eigenvalue weighted by Crippen LogP contribution is -2.53. The van der Waals surface area contributed by atoms with Crippen molar-refractivity contribution in [2.45, 2.75) is 70.2 Å². The molecule has 1 saturated heterocycles. The summed E-state index contributed by atoms with van der Waals surface area (Å²) in [6.45, 7) is 8.71. The van der Waals surface area contributed by atoms with E-state index in [1.807, 2.05) is 0 Å². The maximum Gasteiger partial charge on any atom is 0.190 e. The minimum Gasteiger partial charge on any atom is -0.396 e. The summed E-state index contributed by atoms with van der Waals surface area (Å²) < 4.78 is 5.82. The van der Waals surface area contributed by atoms with Gasteiger partial charge in [0.15, 0.2) is 11.4 Å². The zero-order chi connectivity index (χ0) is 19.6. The molecule has 1 aliphatic heterocycles. The van der Waals surface area contributed by atoms with Crippen molar-refractivity contribution in [2.75, 3.05) is 13.2 Å². The van der Waals surface area contributed by atoms with Crippen LogP contribution < -0.4 is 0 Å². The first-order chi connectivity index (χ1) is 12.7. The van der Waals surface area contributed by atoms with Gasteiger partial charge in [0.2, 0.25) is 0 Å². The number of aliphatic hydroxyl groups is 3. The van der Waals surface area contributed by atoms with E-state index in [1.54, 1.807) is 0 Å². The largest absolute Gasteiger partial charge is 0.396 e. The van der Waals surface area contributed by atoms with Gasteiger partial charge in [-0.15, -0.1) is 0 Å². The third kappa shape index (κ3) is 2.62. The number of ketones is 1. The summed E-state index contributed by atoms with van der Waals surface area (Å²) in [5.41, 5.74) is 0.425. The average Bonchev–Trinajstić information content (AvgIpc) is 3.38. The van der Waals surface area contributed by atoms with Crippen LogP contribution in [0.25, 0.3) is 0 Å². The zero-order valence-electron chi connectivity index (χ0n) is 16.4. The predicted molar refractivity (Wildman–Crippen MR) is 101 cm³/mol. The van der Waals surface area contributed by atoms with Gasteiger partial charge in [-0.25, -0.2) is 0 Å². The van der Waals surface area contributed by atoms with Crippen LogP contribution in [0.2, 0.25) is 0 Å². The summed E-state index contributed by atoms with van der Waals surface area (Å²) >= 11 is 0. The fourth-order valence-corrected chi connectivity index (χ4v) is 6.64. The van der Waals surface area contributed by atoms with Crippen LogP contribution in [0.3, 0.4) is 0 Å². The number of ether oxygens (including phenoxy) is 1. The average molecular weight is 376 g/mol. The summed E-state index contributed by atoms with van der Waals surface area (Å²) in [4.78, 5) is 12.8. The van der Waals surface area contributed by atoms with Crippen molar-refractivity contribution in [2.24, 2.45) is 22.7 Å². The molecule has 4 aliphatic rings. The first kappa shape index (κ1) is 19.3. The number of hydrogen-bond donors (Lipinski definition) is 3. The predicted octanol–water partition coefficient (Wildman–Crippen LogP) is 2.15. The summed E-state index contributed by atoms with van der Waals surface area (Å²) in [6.07, 6.45) is 5.55. The van der Waals surface area contributed by atoms with Gasteiger partial charge in [0.25, 0.3) is 0 Å². The van der Waals surface area contributed by atoms with Crippen molar-refractivity contribution in [1.29, 1.82) is 0 Å². The maximum absolute atomic E-state index is 12.8. The maximum atomic E-state index is 12.8. The number of hydrogen-bond acceptors (Lipinski definition) is 5. The quantitative estimate of drug-likeness (QED) is 0.517. The van der Waals surface area contributed by atoms with Crippen molar-refractivity contribution in [3.63, 3.8) is 0 Å². The summed E-state index contributed by atoms with van der Waals surface area (Å²) in [5.74, 6) is 0.383. The Morgan fingerprint density at radius 3 is 2.70 bits per heavy atom. The lowest BCUT2D eigenvalue weighted by molar-refractivity contribution is -0.123. The molecule has 0 aromatic carbocycles. The first-order valence-corrected chi connectivity index (χ1v) is 10.2. The fourth-order valence-electron chi connectivity index (χ4n) is 6.64. The van der Waals surface area contributed by atoms with Crippen LogP contribution in [0.1, 0.15) is 52.4 Å². The lowest BCUT2D eigenvalue weighted by Gasteiger charge is -2.58. The summed E-state index contributed by atoms with van der Waals surface area (Å²) in [5, 5.41) is 29.9. The molecule has 0 aromatic rings. The van der Waals surface area contributed by atoms with Gasteiger partial charge in [0, 0.05) is 6.61 Å². The van der Waals surface area contributed by atoms with E-state index in [4.69, 9.17) is 4.74 Å². The van der Waals surface area contributed by atoms with Crippen molar-refractivity contribution in [3.05, 3.63) is 23.8 Å². The van der Waals surface area contributed by atoms with Gasteiger partial charge >= 0.3 is 0 Å². The highest BCUT2D eigenvalue weighted by molar-refractivity contribution is 6.02. The van der Waals surface area contributed by atoms with Gasteiger partial charge in [0.1, 0.15) is 12.2 Å². The molecule has 3 aliphatic carbocycles. The van der Waals surface area contributed by atoms with E-state index in [0.29, 0.717) is 17.9 Å². The molecule has 0 radical (unpaired) electrons. The highest BCUT2D eigenvalue weighted by atomic mass is 16.6. The Hall–Kier alpha value is -1.01. The summed E-state index contributed by atoms with van der Waals surface area (Å²) in [6, 6.07) is 0. The van der Waals surface area contributed by atoms with E-state index >= 15 is 0 Å². The van der Waals surface area contributed by atoms with Gasteiger partial charge in [0.05, 0.1) is 6.61 Å². The van der Waals surface area contributed by atoms with Gasteiger partial charge in [-0.05, 0) is 66.4 Å². The second-order valence-electron chi connectivity index (χ2n) is 9.79. The Bertz CT molecular complexity index is 699. The Balaban J connectivity index is 1.65. The van der Waals surface area contributed by atoms with E-state index in [0.717, 1.165) is 32.1 Å². The SMILES string of the molecule is C=C1CC[C@H]2[C@](C)(CO)CCC[C@]2(C)[C@H]1C[C@]12O[C@H]1[C@@H](O)C(CO)=CC2=O. The number of rotatable bonds is 4. The smallest absolute Gasteiger partial charge is 0.190 e. The summed E-state index contributed by atoms with van der Waals surface area (Å²) in [7, 11) is 0. The molecule has 3 fully saturated rings. The Kier molecular flexibility index (Phi) is 4.47. The molecule has 2 saturated carbocycles. The van der Waals surface area contributed by atoms with Crippen molar-refractivity contribution >= 4 is 5.78 Å².